The maximum Gasteiger partial charge on any atom is 0.235 e. The predicted octanol–water partition coefficient (Wildman–Crippen LogP) is 34.2. The Kier molecular flexibility index (Phi) is 17.8. The van der Waals surface area contributed by atoms with E-state index in [1.807, 2.05) is 70.5 Å². The highest BCUT2D eigenvalue weighted by molar-refractivity contribution is 7.27. The van der Waals surface area contributed by atoms with Gasteiger partial charge in [0.2, 0.25) is 17.8 Å². The van der Waals surface area contributed by atoms with E-state index in [2.05, 4.69) is 420 Å². The van der Waals surface area contributed by atoms with Gasteiger partial charge in [-0.3, -0.25) is 13.7 Å². The van der Waals surface area contributed by atoms with Gasteiger partial charge in [-0.2, -0.15) is 0 Å². The molecular formula is C124H73N9S3. The molecule has 0 saturated carbocycles. The molecule has 0 aliphatic carbocycles. The monoisotopic (exact) mass is 1780 g/mol. The largest absolute Gasteiger partial charge is 0.278 e. The van der Waals surface area contributed by atoms with Crippen LogP contribution in [0.5, 0.6) is 0 Å². The number of thiophene rings is 3. The number of rotatable bonds is 8. The average Bonchev–Trinajstić information content (AvgIpc) is 1.56. The Bertz CT molecular complexity index is 10300. The lowest BCUT2D eigenvalue weighted by Crippen LogP contribution is -2.03. The predicted molar refractivity (Wildman–Crippen MR) is 578 cm³/mol. The summed E-state index contributed by atoms with van der Waals surface area (Å²) in [6, 6.07) is 157. The highest BCUT2D eigenvalue weighted by Gasteiger charge is 2.26. The van der Waals surface area contributed by atoms with E-state index in [-0.39, 0.29) is 0 Å². The molecule has 9 heterocycles. The molecule has 632 valence electrons. The van der Waals surface area contributed by atoms with E-state index in [9.17, 15) is 0 Å². The first kappa shape index (κ1) is 77.5. The van der Waals surface area contributed by atoms with Crippen LogP contribution in [0.2, 0.25) is 0 Å². The number of nitrogens with zero attached hydrogens (tertiary/aromatic N) is 9. The average molecular weight is 1790 g/mol. The van der Waals surface area contributed by atoms with Crippen molar-refractivity contribution < 1.29 is 0 Å². The van der Waals surface area contributed by atoms with E-state index in [4.69, 9.17) is 29.9 Å². The quantitative estimate of drug-likeness (QED) is 0.150. The molecule has 12 heteroatoms. The molecule has 0 unspecified atom stereocenters. The molecule has 9 nitrogen and oxygen atoms in total. The summed E-state index contributed by atoms with van der Waals surface area (Å²) >= 11 is 5.63. The number of hydrogen-bond acceptors (Lipinski definition) is 9. The van der Waals surface area contributed by atoms with E-state index in [1.54, 1.807) is 0 Å². The summed E-state index contributed by atoms with van der Waals surface area (Å²) in [5.74, 6) is 2.04. The number of fused-ring (bicyclic) bond motifs is 28. The molecule has 0 bridgehead atoms. The minimum Gasteiger partial charge on any atom is -0.278 e. The Balaban J connectivity index is 0.000000102. The normalized spacial score (nSPS) is 12.0. The van der Waals surface area contributed by atoms with Crippen molar-refractivity contribution in [3.8, 4) is 73.7 Å². The SMILES string of the molecule is c1ccc(-c2nc(-n3c4ccccc4c4c5ccc(-c6cccc7c6sc6ccccc67)cc5ccc43)nc3ccccc23)cc1.c1ccc2cc(-c3nc(-n4c5ccccc5c5c6ccc(-c7cccc8c7sc7ccccc78)cc6ccc54)nc4ccccc34)ccc2c1.c1ccc2nc(-n3c4ccccc4c4c5ccc(-c6cccc7c6sc6ccccc67)cc5ccc43)ncc2c1. The van der Waals surface area contributed by atoms with Gasteiger partial charge in [0.05, 0.1) is 61.0 Å². The van der Waals surface area contributed by atoms with Gasteiger partial charge in [0.25, 0.3) is 0 Å². The maximum absolute atomic E-state index is 5.35. The van der Waals surface area contributed by atoms with Gasteiger partial charge >= 0.3 is 0 Å². The zero-order valence-electron chi connectivity index (χ0n) is 72.9. The fourth-order valence-electron chi connectivity index (χ4n) is 21.2. The van der Waals surface area contributed by atoms with Crippen LogP contribution in [0.4, 0.5) is 0 Å². The van der Waals surface area contributed by atoms with Crippen LogP contribution >= 0.6 is 34.0 Å². The molecule has 9 aromatic heterocycles. The van der Waals surface area contributed by atoms with Crippen molar-refractivity contribution >= 4 is 236 Å². The van der Waals surface area contributed by atoms with E-state index < -0.39 is 0 Å². The lowest BCUT2D eigenvalue weighted by atomic mass is 9.97. The van der Waals surface area contributed by atoms with Gasteiger partial charge in [0.15, 0.2) is 0 Å². The van der Waals surface area contributed by atoms with Crippen molar-refractivity contribution in [3.63, 3.8) is 0 Å². The van der Waals surface area contributed by atoms with Gasteiger partial charge in [0, 0.05) is 126 Å². The highest BCUT2D eigenvalue weighted by Crippen LogP contribution is 2.49. The number of benzene rings is 21. The molecule has 0 saturated heterocycles. The lowest BCUT2D eigenvalue weighted by Gasteiger charge is -2.12. The Morgan fingerprint density at radius 2 is 0.500 bits per heavy atom. The first-order valence-electron chi connectivity index (χ1n) is 45.8. The first-order valence-corrected chi connectivity index (χ1v) is 48.3. The summed E-state index contributed by atoms with van der Waals surface area (Å²) < 4.78 is 14.7. The molecule has 0 spiro atoms. The third-order valence-electron chi connectivity index (χ3n) is 27.4. The van der Waals surface area contributed by atoms with Gasteiger partial charge in [-0.1, -0.05) is 340 Å². The van der Waals surface area contributed by atoms with E-state index >= 15 is 0 Å². The molecule has 30 aromatic rings. The molecule has 21 aromatic carbocycles. The van der Waals surface area contributed by atoms with Crippen LogP contribution in [0.3, 0.4) is 0 Å². The zero-order chi connectivity index (χ0) is 89.2. The molecule has 0 amide bonds. The van der Waals surface area contributed by atoms with Gasteiger partial charge in [-0.05, 0) is 174 Å². The summed E-state index contributed by atoms with van der Waals surface area (Å²) in [6.45, 7) is 0. The van der Waals surface area contributed by atoms with Crippen molar-refractivity contribution in [1.82, 2.24) is 43.6 Å². The van der Waals surface area contributed by atoms with Crippen LogP contribution in [0.15, 0.2) is 443 Å². The van der Waals surface area contributed by atoms with Crippen molar-refractivity contribution in [1.29, 1.82) is 0 Å². The smallest absolute Gasteiger partial charge is 0.235 e. The number of aromatic nitrogens is 9. The standard InChI is InChI=1S/C46H27N3S.C42H25N3S.C36H21N3S/c1-2-11-29-26-32(21-20-28(29)10-1)44-37-13-3-6-17-39(37)47-46(48-44)49-40-18-7-4-14-38(40)43-33-24-22-31(27-30(33)23-25-41(43)49)34-15-9-16-36-35-12-5-8-19-42(35)50-45(34)36;1-2-11-26(12-3-1)40-33-14-4-7-18-35(33)43-42(44-40)45-36-19-8-5-15-34(36)39-29-23-21-28(25-27(29)22-24-37(39)45)30-16-10-17-32-31-13-6-9-20-38(31)46-41(30)32;1-4-13-30-24(8-1)21-37-36(38-30)39-31-14-5-2-10-29(31)34-25-18-16-23(20-22(25)17-19-32(34)39)26-11-7-12-28-27-9-3-6-15-33(27)40-35(26)28/h1-27H;1-25H;1-21H. The first-order chi connectivity index (χ1) is 67.4. The minimum absolute atomic E-state index is 0.672. The van der Waals surface area contributed by atoms with Crippen molar-refractivity contribution in [3.05, 3.63) is 443 Å². The van der Waals surface area contributed by atoms with Crippen LogP contribution in [0, 0.1) is 0 Å². The van der Waals surface area contributed by atoms with Gasteiger partial charge in [-0.25, -0.2) is 29.9 Å². The fraction of sp³-hybridized carbons (Fsp3) is 0. The second-order valence-electron chi connectivity index (χ2n) is 35.0. The van der Waals surface area contributed by atoms with Crippen molar-refractivity contribution in [2.24, 2.45) is 0 Å². The third-order valence-corrected chi connectivity index (χ3v) is 31.1. The van der Waals surface area contributed by atoms with Crippen LogP contribution in [-0.4, -0.2) is 43.6 Å². The minimum atomic E-state index is 0.672. The summed E-state index contributed by atoms with van der Waals surface area (Å²) in [4.78, 5) is 30.7. The van der Waals surface area contributed by atoms with E-state index in [1.165, 1.54) is 169 Å². The van der Waals surface area contributed by atoms with Gasteiger partial charge in [-0.15, -0.1) is 34.0 Å². The molecule has 0 aliphatic rings. The Morgan fingerprint density at radius 1 is 0.176 bits per heavy atom. The molecular weight excluding hydrogens is 1710 g/mol. The summed E-state index contributed by atoms with van der Waals surface area (Å²) in [5.41, 5.74) is 21.0. The van der Waals surface area contributed by atoms with Crippen molar-refractivity contribution in [2.45, 2.75) is 0 Å². The Hall–Kier alpha value is -17.3. The Morgan fingerprint density at radius 3 is 0.949 bits per heavy atom. The molecule has 0 atom stereocenters. The third kappa shape index (κ3) is 12.4. The molecule has 0 radical (unpaired) electrons. The van der Waals surface area contributed by atoms with Crippen molar-refractivity contribution in [2.75, 3.05) is 0 Å². The van der Waals surface area contributed by atoms with Gasteiger partial charge < -0.3 is 0 Å². The molecule has 30 rings (SSSR count). The number of hydrogen-bond donors (Lipinski definition) is 0. The summed E-state index contributed by atoms with van der Waals surface area (Å²) in [6.07, 6.45) is 1.92. The molecule has 0 fully saturated rings. The highest BCUT2D eigenvalue weighted by atomic mass is 32.1. The van der Waals surface area contributed by atoms with Crippen LogP contribution in [-0.2, 0) is 0 Å². The van der Waals surface area contributed by atoms with Crippen LogP contribution in [0.25, 0.3) is 275 Å². The molecule has 0 aliphatic heterocycles. The zero-order valence-corrected chi connectivity index (χ0v) is 75.3. The summed E-state index contributed by atoms with van der Waals surface area (Å²) in [7, 11) is 0. The fourth-order valence-corrected chi connectivity index (χ4v) is 25.0. The van der Waals surface area contributed by atoms with Crippen LogP contribution in [0.1, 0.15) is 0 Å². The summed E-state index contributed by atoms with van der Waals surface area (Å²) in [5, 5.41) is 28.1. The second-order valence-corrected chi connectivity index (χ2v) is 38.2. The molecule has 136 heavy (non-hydrogen) atoms. The Labute approximate surface area is 789 Å². The van der Waals surface area contributed by atoms with Crippen LogP contribution < -0.4 is 0 Å². The topological polar surface area (TPSA) is 92.1 Å². The second kappa shape index (κ2) is 31.2. The van der Waals surface area contributed by atoms with E-state index in [0.717, 1.165) is 88.3 Å². The van der Waals surface area contributed by atoms with E-state index in [0.29, 0.717) is 17.8 Å². The van der Waals surface area contributed by atoms with Gasteiger partial charge in [0.1, 0.15) is 0 Å². The number of para-hydroxylation sites is 6. The molecule has 0 N–H and O–H groups in total. The maximum atomic E-state index is 5.35. The lowest BCUT2D eigenvalue weighted by molar-refractivity contribution is 1.01.